The van der Waals surface area contributed by atoms with E-state index in [1.807, 2.05) is 7.05 Å². The number of halogens is 1. The van der Waals surface area contributed by atoms with Gasteiger partial charge in [0.1, 0.15) is 0 Å². The van der Waals surface area contributed by atoms with Crippen molar-refractivity contribution in [2.45, 2.75) is 6.42 Å². The molecule has 82 valence electrons. The highest BCUT2D eigenvalue weighted by Gasteiger charge is 2.58. The number of aromatic nitrogens is 2. The van der Waals surface area contributed by atoms with Crippen LogP contribution < -0.4 is 4.90 Å². The van der Waals surface area contributed by atoms with Gasteiger partial charge in [-0.1, -0.05) is 11.6 Å². The Morgan fingerprint density at radius 1 is 1.67 bits per heavy atom. The average Bonchev–Trinajstić information content (AvgIpc) is 2.61. The predicted molar refractivity (Wildman–Crippen MR) is 59.5 cm³/mol. The smallest absolute Gasteiger partial charge is 0.187 e. The summed E-state index contributed by atoms with van der Waals surface area (Å²) < 4.78 is 13.6. The van der Waals surface area contributed by atoms with Crippen molar-refractivity contribution < 1.29 is 4.74 Å². The molecule has 2 unspecified atom stereocenters. The first-order valence-corrected chi connectivity index (χ1v) is 6.09. The molecular formula is C9H12ClN3OS. The number of rotatable bonds is 3. The van der Waals surface area contributed by atoms with Crippen molar-refractivity contribution in [2.24, 2.45) is 11.3 Å². The summed E-state index contributed by atoms with van der Waals surface area (Å²) >= 11 is 7.10. The second-order valence-electron chi connectivity index (χ2n) is 4.51. The molecule has 0 radical (unpaired) electrons. The Balaban J connectivity index is 1.72. The van der Waals surface area contributed by atoms with Crippen LogP contribution in [0.2, 0.25) is 5.15 Å². The van der Waals surface area contributed by atoms with Crippen LogP contribution in [0.5, 0.6) is 0 Å². The Morgan fingerprint density at radius 2 is 2.53 bits per heavy atom. The average molecular weight is 246 g/mol. The standard InChI is InChI=1S/C9H12ClN3OS/c1-13(8-7(10)11-15-12-8)4-9-2-6(9)3-14-5-9/h6H,2-5H2,1H3. The zero-order valence-electron chi connectivity index (χ0n) is 8.44. The number of anilines is 1. The lowest BCUT2D eigenvalue weighted by molar-refractivity contribution is 0.148. The van der Waals surface area contributed by atoms with Crippen LogP contribution in [0.15, 0.2) is 0 Å². The molecule has 0 amide bonds. The summed E-state index contributed by atoms with van der Waals surface area (Å²) in [6, 6.07) is 0. The molecule has 4 nitrogen and oxygen atoms in total. The van der Waals surface area contributed by atoms with E-state index in [0.717, 1.165) is 43.2 Å². The molecule has 0 bridgehead atoms. The molecule has 2 heterocycles. The van der Waals surface area contributed by atoms with E-state index < -0.39 is 0 Å². The summed E-state index contributed by atoms with van der Waals surface area (Å²) in [7, 11) is 2.02. The Morgan fingerprint density at radius 3 is 3.07 bits per heavy atom. The Bertz CT molecular complexity index is 385. The van der Waals surface area contributed by atoms with Gasteiger partial charge in [-0.3, -0.25) is 0 Å². The summed E-state index contributed by atoms with van der Waals surface area (Å²) in [6.45, 7) is 2.79. The minimum atomic E-state index is 0.377. The SMILES string of the molecule is CN(CC12COCC1C2)c1nsnc1Cl. The fourth-order valence-electron chi connectivity index (χ4n) is 2.44. The van der Waals surface area contributed by atoms with E-state index >= 15 is 0 Å². The summed E-state index contributed by atoms with van der Waals surface area (Å²) in [6.07, 6.45) is 1.28. The van der Waals surface area contributed by atoms with Crippen molar-refractivity contribution in [1.29, 1.82) is 0 Å². The van der Waals surface area contributed by atoms with Gasteiger partial charge in [0.25, 0.3) is 0 Å². The van der Waals surface area contributed by atoms with Crippen molar-refractivity contribution in [1.82, 2.24) is 8.75 Å². The molecule has 0 spiro atoms. The highest BCUT2D eigenvalue weighted by Crippen LogP contribution is 2.57. The maximum atomic E-state index is 5.94. The van der Waals surface area contributed by atoms with E-state index in [9.17, 15) is 0 Å². The quantitative estimate of drug-likeness (QED) is 0.812. The first-order valence-electron chi connectivity index (χ1n) is 4.98. The fraction of sp³-hybridized carbons (Fsp3) is 0.778. The van der Waals surface area contributed by atoms with Gasteiger partial charge in [0, 0.05) is 19.0 Å². The summed E-state index contributed by atoms with van der Waals surface area (Å²) in [4.78, 5) is 2.10. The molecule has 1 aliphatic carbocycles. The lowest BCUT2D eigenvalue weighted by Crippen LogP contribution is -2.28. The van der Waals surface area contributed by atoms with Crippen LogP contribution in [0.25, 0.3) is 0 Å². The zero-order chi connectivity index (χ0) is 10.5. The van der Waals surface area contributed by atoms with Gasteiger partial charge in [-0.05, 0) is 12.3 Å². The summed E-state index contributed by atoms with van der Waals surface area (Å²) in [5.41, 5.74) is 0.377. The molecule has 1 saturated carbocycles. The Hall–Kier alpha value is -0.390. The zero-order valence-corrected chi connectivity index (χ0v) is 10.0. The van der Waals surface area contributed by atoms with Crippen LogP contribution >= 0.6 is 23.3 Å². The largest absolute Gasteiger partial charge is 0.380 e. The second-order valence-corrected chi connectivity index (χ2v) is 5.40. The van der Waals surface area contributed by atoms with Crippen molar-refractivity contribution in [3.05, 3.63) is 5.15 Å². The lowest BCUT2D eigenvalue weighted by atomic mass is 10.1. The third-order valence-corrected chi connectivity index (χ3v) is 4.29. The minimum Gasteiger partial charge on any atom is -0.380 e. The van der Waals surface area contributed by atoms with E-state index in [0.29, 0.717) is 10.6 Å². The van der Waals surface area contributed by atoms with Gasteiger partial charge >= 0.3 is 0 Å². The van der Waals surface area contributed by atoms with Gasteiger partial charge in [0.15, 0.2) is 11.0 Å². The van der Waals surface area contributed by atoms with Gasteiger partial charge in [-0.15, -0.1) is 0 Å². The first-order chi connectivity index (χ1) is 7.21. The molecule has 6 heteroatoms. The van der Waals surface area contributed by atoms with Crippen LogP contribution in [0.4, 0.5) is 5.82 Å². The Kier molecular flexibility index (Phi) is 2.16. The monoisotopic (exact) mass is 245 g/mol. The van der Waals surface area contributed by atoms with Gasteiger partial charge in [0.05, 0.1) is 24.9 Å². The van der Waals surface area contributed by atoms with Crippen molar-refractivity contribution in [3.63, 3.8) is 0 Å². The predicted octanol–water partition coefficient (Wildman–Crippen LogP) is 1.66. The molecule has 3 rings (SSSR count). The molecule has 0 N–H and O–H groups in total. The fourth-order valence-corrected chi connectivity index (χ4v) is 3.26. The number of nitrogens with zero attached hydrogens (tertiary/aromatic N) is 3. The topological polar surface area (TPSA) is 38.2 Å². The van der Waals surface area contributed by atoms with Crippen LogP contribution in [0.3, 0.4) is 0 Å². The molecule has 15 heavy (non-hydrogen) atoms. The summed E-state index contributed by atoms with van der Waals surface area (Å²) in [5.74, 6) is 1.55. The van der Waals surface area contributed by atoms with Gasteiger partial charge < -0.3 is 9.64 Å². The maximum absolute atomic E-state index is 5.94. The highest BCUT2D eigenvalue weighted by atomic mass is 35.5. The molecule has 1 saturated heterocycles. The number of ether oxygens (including phenoxy) is 1. The highest BCUT2D eigenvalue weighted by molar-refractivity contribution is 6.99. The Labute approximate surface area is 97.5 Å². The van der Waals surface area contributed by atoms with Crippen molar-refractivity contribution >= 4 is 29.1 Å². The molecule has 2 fully saturated rings. The van der Waals surface area contributed by atoms with E-state index in [2.05, 4.69) is 13.6 Å². The third-order valence-electron chi connectivity index (χ3n) is 3.41. The molecule has 1 aliphatic heterocycles. The number of fused-ring (bicyclic) bond motifs is 1. The molecule has 1 aromatic rings. The second kappa shape index (κ2) is 3.30. The van der Waals surface area contributed by atoms with Crippen LogP contribution in [-0.2, 0) is 4.74 Å². The van der Waals surface area contributed by atoms with Crippen LogP contribution in [0.1, 0.15) is 6.42 Å². The first kappa shape index (κ1) is 9.81. The molecule has 0 aromatic carbocycles. The van der Waals surface area contributed by atoms with E-state index in [4.69, 9.17) is 16.3 Å². The van der Waals surface area contributed by atoms with E-state index in [-0.39, 0.29) is 0 Å². The minimum absolute atomic E-state index is 0.377. The van der Waals surface area contributed by atoms with Crippen molar-refractivity contribution in [3.8, 4) is 0 Å². The van der Waals surface area contributed by atoms with Gasteiger partial charge in [-0.25, -0.2) is 0 Å². The molecule has 2 aliphatic rings. The van der Waals surface area contributed by atoms with Gasteiger partial charge in [-0.2, -0.15) is 8.75 Å². The number of hydrogen-bond donors (Lipinski definition) is 0. The number of hydrogen-bond acceptors (Lipinski definition) is 5. The molecule has 2 atom stereocenters. The normalized spacial score (nSPS) is 32.8. The van der Waals surface area contributed by atoms with Gasteiger partial charge in [0.2, 0.25) is 0 Å². The lowest BCUT2D eigenvalue weighted by Gasteiger charge is -2.21. The maximum Gasteiger partial charge on any atom is 0.187 e. The third kappa shape index (κ3) is 1.53. The van der Waals surface area contributed by atoms with Crippen molar-refractivity contribution in [2.75, 3.05) is 31.7 Å². The van der Waals surface area contributed by atoms with Crippen LogP contribution in [0, 0.1) is 11.3 Å². The summed E-state index contributed by atoms with van der Waals surface area (Å²) in [5, 5.41) is 0.509. The van der Waals surface area contributed by atoms with E-state index in [1.165, 1.54) is 6.42 Å². The van der Waals surface area contributed by atoms with Crippen LogP contribution in [-0.4, -0.2) is 35.6 Å². The molecular weight excluding hydrogens is 234 g/mol. The molecule has 1 aromatic heterocycles. The van der Waals surface area contributed by atoms with E-state index in [1.54, 1.807) is 0 Å².